The molecule has 0 amide bonds. The van der Waals surface area contributed by atoms with Crippen molar-refractivity contribution in [3.05, 3.63) is 75.8 Å². The van der Waals surface area contributed by atoms with Crippen LogP contribution in [0.5, 0.6) is 11.5 Å². The van der Waals surface area contributed by atoms with E-state index in [0.29, 0.717) is 5.75 Å². The van der Waals surface area contributed by atoms with Gasteiger partial charge in [0.15, 0.2) is 10.8 Å². The van der Waals surface area contributed by atoms with Gasteiger partial charge in [0.05, 0.1) is 4.92 Å². The summed E-state index contributed by atoms with van der Waals surface area (Å²) in [5.41, 5.74) is -0.171. The molecule has 0 radical (unpaired) electrons. The Labute approximate surface area is 125 Å². The zero-order valence-electron chi connectivity index (χ0n) is 10.8. The molecule has 3 aromatic rings. The fourth-order valence-corrected chi connectivity index (χ4v) is 2.31. The number of halogens is 1. The fraction of sp³-hybridized carbons (Fsp3) is 0. The molecular weight excluding hydrogens is 290 g/mol. The lowest BCUT2D eigenvalue weighted by Crippen LogP contribution is -1.92. The Morgan fingerprint density at radius 2 is 1.71 bits per heavy atom. The highest BCUT2D eigenvalue weighted by Crippen LogP contribution is 2.36. The van der Waals surface area contributed by atoms with Crippen LogP contribution in [0.4, 0.5) is 5.69 Å². The minimum Gasteiger partial charge on any atom is -0.456 e. The van der Waals surface area contributed by atoms with Crippen LogP contribution in [-0.2, 0) is 0 Å². The SMILES string of the molecule is O=[N+]([O-])c1cccc(Oc2ccc3ccccc3c2)c1Cl. The maximum absolute atomic E-state index is 10.9. The van der Waals surface area contributed by atoms with Crippen molar-refractivity contribution in [2.45, 2.75) is 0 Å². The van der Waals surface area contributed by atoms with Gasteiger partial charge in [-0.15, -0.1) is 0 Å². The third kappa shape index (κ3) is 2.66. The van der Waals surface area contributed by atoms with Crippen LogP contribution >= 0.6 is 11.6 Å². The Bertz CT molecular complexity index is 833. The topological polar surface area (TPSA) is 52.4 Å². The van der Waals surface area contributed by atoms with Crippen molar-refractivity contribution in [3.63, 3.8) is 0 Å². The first-order valence-corrected chi connectivity index (χ1v) is 6.62. The van der Waals surface area contributed by atoms with Gasteiger partial charge >= 0.3 is 0 Å². The molecule has 0 bridgehead atoms. The van der Waals surface area contributed by atoms with Crippen LogP contribution in [0.2, 0.25) is 5.02 Å². The summed E-state index contributed by atoms with van der Waals surface area (Å²) in [5, 5.41) is 13.0. The molecule has 0 atom stereocenters. The molecule has 0 aliphatic rings. The second-order valence-electron chi connectivity index (χ2n) is 4.46. The maximum atomic E-state index is 10.9. The van der Waals surface area contributed by atoms with Crippen molar-refractivity contribution in [2.75, 3.05) is 0 Å². The second-order valence-corrected chi connectivity index (χ2v) is 4.84. The molecule has 3 aromatic carbocycles. The van der Waals surface area contributed by atoms with Crippen molar-refractivity contribution in [1.82, 2.24) is 0 Å². The second kappa shape index (κ2) is 5.42. The number of hydrogen-bond acceptors (Lipinski definition) is 3. The van der Waals surface area contributed by atoms with E-state index in [2.05, 4.69) is 0 Å². The molecule has 0 N–H and O–H groups in total. The first-order valence-electron chi connectivity index (χ1n) is 6.25. The van der Waals surface area contributed by atoms with Gasteiger partial charge in [-0.3, -0.25) is 10.1 Å². The summed E-state index contributed by atoms with van der Waals surface area (Å²) in [6, 6.07) is 17.9. The normalized spacial score (nSPS) is 10.5. The molecule has 0 saturated heterocycles. The third-order valence-corrected chi connectivity index (χ3v) is 3.47. The average Bonchev–Trinajstić information content (AvgIpc) is 2.49. The number of ether oxygens (including phenoxy) is 1. The summed E-state index contributed by atoms with van der Waals surface area (Å²) >= 11 is 6.01. The number of rotatable bonds is 3. The van der Waals surface area contributed by atoms with Gasteiger partial charge < -0.3 is 4.74 Å². The van der Waals surface area contributed by atoms with Gasteiger partial charge in [-0.25, -0.2) is 0 Å². The summed E-state index contributed by atoms with van der Waals surface area (Å²) in [6.45, 7) is 0. The van der Waals surface area contributed by atoms with Gasteiger partial charge in [-0.2, -0.15) is 0 Å². The van der Waals surface area contributed by atoms with Crippen molar-refractivity contribution >= 4 is 28.1 Å². The first-order chi connectivity index (χ1) is 10.1. The molecule has 21 heavy (non-hydrogen) atoms. The lowest BCUT2D eigenvalue weighted by atomic mass is 10.1. The van der Waals surface area contributed by atoms with E-state index in [-0.39, 0.29) is 16.5 Å². The molecule has 0 unspecified atom stereocenters. The molecule has 0 fully saturated rings. The minimum atomic E-state index is -0.532. The molecule has 0 spiro atoms. The molecule has 0 heterocycles. The maximum Gasteiger partial charge on any atom is 0.291 e. The van der Waals surface area contributed by atoms with E-state index in [0.717, 1.165) is 10.8 Å². The number of nitrogens with zero attached hydrogens (tertiary/aromatic N) is 1. The molecule has 0 aliphatic carbocycles. The van der Waals surface area contributed by atoms with Gasteiger partial charge in [0, 0.05) is 6.07 Å². The first kappa shape index (κ1) is 13.4. The monoisotopic (exact) mass is 299 g/mol. The Morgan fingerprint density at radius 1 is 0.952 bits per heavy atom. The van der Waals surface area contributed by atoms with Crippen LogP contribution in [0.3, 0.4) is 0 Å². The number of nitro benzene ring substituents is 1. The highest BCUT2D eigenvalue weighted by atomic mass is 35.5. The van der Waals surface area contributed by atoms with Crippen LogP contribution in [0.25, 0.3) is 10.8 Å². The zero-order valence-corrected chi connectivity index (χ0v) is 11.6. The standard InChI is InChI=1S/C16H10ClNO3/c17-16-14(18(19)20)6-3-7-15(16)21-13-9-8-11-4-1-2-5-12(11)10-13/h1-10H. The third-order valence-electron chi connectivity index (χ3n) is 3.09. The van der Waals surface area contributed by atoms with Crippen LogP contribution in [0, 0.1) is 10.1 Å². The van der Waals surface area contributed by atoms with Gasteiger partial charge in [0.2, 0.25) is 0 Å². The van der Waals surface area contributed by atoms with Crippen LogP contribution in [0.1, 0.15) is 0 Å². The van der Waals surface area contributed by atoms with Gasteiger partial charge in [-0.1, -0.05) is 48.0 Å². The molecular formula is C16H10ClNO3. The van der Waals surface area contributed by atoms with E-state index in [1.165, 1.54) is 6.07 Å². The smallest absolute Gasteiger partial charge is 0.291 e. The predicted octanol–water partition coefficient (Wildman–Crippen LogP) is 5.19. The summed E-state index contributed by atoms with van der Waals surface area (Å²) in [7, 11) is 0. The molecule has 3 rings (SSSR count). The Kier molecular flexibility index (Phi) is 3.46. The zero-order chi connectivity index (χ0) is 14.8. The summed E-state index contributed by atoms with van der Waals surface area (Å²) < 4.78 is 5.67. The largest absolute Gasteiger partial charge is 0.456 e. The number of fused-ring (bicyclic) bond motifs is 1. The number of nitro groups is 1. The van der Waals surface area contributed by atoms with Crippen LogP contribution in [-0.4, -0.2) is 4.92 Å². The van der Waals surface area contributed by atoms with Gasteiger partial charge in [-0.05, 0) is 29.0 Å². The fourth-order valence-electron chi connectivity index (χ4n) is 2.08. The van der Waals surface area contributed by atoms with Crippen molar-refractivity contribution < 1.29 is 9.66 Å². The molecule has 5 heteroatoms. The Balaban J connectivity index is 1.98. The van der Waals surface area contributed by atoms with Crippen molar-refractivity contribution in [1.29, 1.82) is 0 Å². The minimum absolute atomic E-state index is 0.00402. The van der Waals surface area contributed by atoms with Crippen LogP contribution < -0.4 is 4.74 Å². The van der Waals surface area contributed by atoms with Gasteiger partial charge in [0.1, 0.15) is 5.75 Å². The highest BCUT2D eigenvalue weighted by Gasteiger charge is 2.16. The quantitative estimate of drug-likeness (QED) is 0.494. The van der Waals surface area contributed by atoms with E-state index in [1.807, 2.05) is 36.4 Å². The number of hydrogen-bond donors (Lipinski definition) is 0. The average molecular weight is 300 g/mol. The van der Waals surface area contributed by atoms with E-state index in [1.54, 1.807) is 18.2 Å². The van der Waals surface area contributed by atoms with E-state index in [4.69, 9.17) is 16.3 Å². The predicted molar refractivity (Wildman–Crippen MR) is 82.1 cm³/mol. The Morgan fingerprint density at radius 3 is 2.48 bits per heavy atom. The highest BCUT2D eigenvalue weighted by molar-refractivity contribution is 6.34. The number of benzene rings is 3. The van der Waals surface area contributed by atoms with E-state index < -0.39 is 4.92 Å². The lowest BCUT2D eigenvalue weighted by Gasteiger charge is -2.08. The Hall–Kier alpha value is -2.59. The molecule has 104 valence electrons. The van der Waals surface area contributed by atoms with E-state index in [9.17, 15) is 10.1 Å². The summed E-state index contributed by atoms with van der Waals surface area (Å²) in [4.78, 5) is 10.3. The summed E-state index contributed by atoms with van der Waals surface area (Å²) in [6.07, 6.45) is 0. The van der Waals surface area contributed by atoms with E-state index >= 15 is 0 Å². The molecule has 4 nitrogen and oxygen atoms in total. The van der Waals surface area contributed by atoms with Gasteiger partial charge in [0.25, 0.3) is 5.69 Å². The van der Waals surface area contributed by atoms with Crippen molar-refractivity contribution in [3.8, 4) is 11.5 Å². The van der Waals surface area contributed by atoms with Crippen LogP contribution in [0.15, 0.2) is 60.7 Å². The van der Waals surface area contributed by atoms with Crippen molar-refractivity contribution in [2.24, 2.45) is 0 Å². The molecule has 0 aromatic heterocycles. The molecule has 0 saturated carbocycles. The lowest BCUT2D eigenvalue weighted by molar-refractivity contribution is -0.384. The molecule has 0 aliphatic heterocycles. The summed E-state index contributed by atoms with van der Waals surface area (Å²) in [5.74, 6) is 0.845.